The quantitative estimate of drug-likeness (QED) is 0.831. The number of aryl methyl sites for hydroxylation is 1. The molecule has 1 aliphatic heterocycles. The van der Waals surface area contributed by atoms with Crippen molar-refractivity contribution in [3.05, 3.63) is 24.0 Å². The highest BCUT2D eigenvalue weighted by Gasteiger charge is 2.26. The van der Waals surface area contributed by atoms with Crippen LogP contribution >= 0.6 is 0 Å². The lowest BCUT2D eigenvalue weighted by molar-refractivity contribution is 0.268. The highest BCUT2D eigenvalue weighted by molar-refractivity contribution is 5.53. The number of fused-ring (bicyclic) bond motifs is 1. The molecule has 0 saturated carbocycles. The lowest BCUT2D eigenvalue weighted by Gasteiger charge is -2.40. The van der Waals surface area contributed by atoms with E-state index in [4.69, 9.17) is 5.73 Å². The second-order valence-electron chi connectivity index (χ2n) is 5.27. The number of pyridine rings is 1. The van der Waals surface area contributed by atoms with E-state index in [2.05, 4.69) is 39.9 Å². The van der Waals surface area contributed by atoms with Gasteiger partial charge in [0.15, 0.2) is 5.65 Å². The first kappa shape index (κ1) is 12.4. The molecule has 19 heavy (non-hydrogen) atoms. The molecule has 3 heterocycles. The van der Waals surface area contributed by atoms with Gasteiger partial charge in [0.25, 0.3) is 0 Å². The summed E-state index contributed by atoms with van der Waals surface area (Å²) in [6.07, 6.45) is 1.60. The Hall–Kier alpha value is -1.66. The summed E-state index contributed by atoms with van der Waals surface area (Å²) in [5, 5.41) is 4.33. The van der Waals surface area contributed by atoms with Crippen LogP contribution in [0, 0.1) is 6.92 Å². The van der Waals surface area contributed by atoms with Gasteiger partial charge in [0, 0.05) is 26.2 Å². The van der Waals surface area contributed by atoms with Crippen LogP contribution in [0.3, 0.4) is 0 Å². The Labute approximate surface area is 112 Å². The van der Waals surface area contributed by atoms with E-state index in [0.29, 0.717) is 12.6 Å². The Morgan fingerprint density at radius 2 is 2.21 bits per heavy atom. The summed E-state index contributed by atoms with van der Waals surface area (Å²) in [5.41, 5.74) is 8.03. The van der Waals surface area contributed by atoms with Gasteiger partial charge in [0.1, 0.15) is 12.1 Å². The second kappa shape index (κ2) is 4.79. The van der Waals surface area contributed by atoms with Crippen LogP contribution in [0.4, 0.5) is 5.82 Å². The number of hydrogen-bond donors (Lipinski definition) is 1. The van der Waals surface area contributed by atoms with Crippen molar-refractivity contribution < 1.29 is 0 Å². The topological polar surface area (TPSA) is 62.7 Å². The molecule has 0 aromatic carbocycles. The van der Waals surface area contributed by atoms with Crippen LogP contribution in [0.2, 0.25) is 0 Å². The summed E-state index contributed by atoms with van der Waals surface area (Å²) in [6.45, 7) is 5.73. The third-order valence-electron chi connectivity index (χ3n) is 3.76. The molecule has 2 aromatic heterocycles. The normalized spacial score (nSPS) is 21.2. The Kier molecular flexibility index (Phi) is 3.12. The molecule has 1 unspecified atom stereocenters. The number of aromatic nitrogens is 3. The van der Waals surface area contributed by atoms with Crippen LogP contribution < -0.4 is 10.6 Å². The summed E-state index contributed by atoms with van der Waals surface area (Å²) < 4.78 is 1.90. The molecule has 0 radical (unpaired) electrons. The summed E-state index contributed by atoms with van der Waals surface area (Å²) in [6, 6.07) is 4.53. The van der Waals surface area contributed by atoms with Gasteiger partial charge in [-0.2, -0.15) is 9.61 Å². The van der Waals surface area contributed by atoms with E-state index >= 15 is 0 Å². The van der Waals surface area contributed by atoms with Gasteiger partial charge in [0.2, 0.25) is 0 Å². The minimum atomic E-state index is 0.327. The lowest BCUT2D eigenvalue weighted by atomic mass is 10.1. The third kappa shape index (κ3) is 2.17. The number of likely N-dealkylation sites (N-methyl/N-ethyl adjacent to an activating group) is 1. The zero-order valence-electron chi connectivity index (χ0n) is 11.5. The Morgan fingerprint density at radius 1 is 1.37 bits per heavy atom. The van der Waals surface area contributed by atoms with Crippen molar-refractivity contribution >= 4 is 11.5 Å². The largest absolute Gasteiger partial charge is 0.350 e. The first-order chi connectivity index (χ1) is 9.19. The summed E-state index contributed by atoms with van der Waals surface area (Å²) in [4.78, 5) is 8.96. The van der Waals surface area contributed by atoms with Crippen molar-refractivity contribution in [3.63, 3.8) is 0 Å². The van der Waals surface area contributed by atoms with Gasteiger partial charge in [-0.15, -0.1) is 0 Å². The minimum absolute atomic E-state index is 0.327. The number of nitrogens with two attached hydrogens (primary N) is 1. The average Bonchev–Trinajstić information content (AvgIpc) is 2.85. The molecular formula is C13H20N6. The minimum Gasteiger partial charge on any atom is -0.350 e. The molecular weight excluding hydrogens is 240 g/mol. The summed E-state index contributed by atoms with van der Waals surface area (Å²) in [7, 11) is 2.14. The summed E-state index contributed by atoms with van der Waals surface area (Å²) in [5.74, 6) is 1.09. The Morgan fingerprint density at radius 3 is 3.00 bits per heavy atom. The van der Waals surface area contributed by atoms with Gasteiger partial charge in [0.05, 0.1) is 6.04 Å². The molecule has 1 saturated heterocycles. The van der Waals surface area contributed by atoms with Gasteiger partial charge in [-0.05, 0) is 31.7 Å². The van der Waals surface area contributed by atoms with E-state index < -0.39 is 0 Å². The van der Waals surface area contributed by atoms with Crippen LogP contribution in [-0.2, 0) is 0 Å². The van der Waals surface area contributed by atoms with Crippen molar-refractivity contribution in [2.45, 2.75) is 13.0 Å². The first-order valence-corrected chi connectivity index (χ1v) is 6.64. The fourth-order valence-electron chi connectivity index (χ4n) is 2.75. The van der Waals surface area contributed by atoms with Gasteiger partial charge in [-0.1, -0.05) is 0 Å². The number of hydrogen-bond acceptors (Lipinski definition) is 5. The molecule has 6 nitrogen and oxygen atoms in total. The predicted molar refractivity (Wildman–Crippen MR) is 75.4 cm³/mol. The maximum absolute atomic E-state index is 5.94. The van der Waals surface area contributed by atoms with E-state index in [9.17, 15) is 0 Å². The zero-order chi connectivity index (χ0) is 13.4. The molecule has 0 aliphatic carbocycles. The predicted octanol–water partition coefficient (Wildman–Crippen LogP) is 0.117. The maximum atomic E-state index is 5.94. The molecule has 3 rings (SSSR count). The van der Waals surface area contributed by atoms with E-state index in [-0.39, 0.29) is 0 Å². The monoisotopic (exact) mass is 260 g/mol. The molecule has 0 spiro atoms. The number of piperazine rings is 1. The first-order valence-electron chi connectivity index (χ1n) is 6.64. The molecule has 0 bridgehead atoms. The van der Waals surface area contributed by atoms with E-state index in [1.165, 1.54) is 5.56 Å². The lowest BCUT2D eigenvalue weighted by Crippen LogP contribution is -2.55. The van der Waals surface area contributed by atoms with Crippen molar-refractivity contribution in [3.8, 4) is 0 Å². The maximum Gasteiger partial charge on any atom is 0.157 e. The van der Waals surface area contributed by atoms with Crippen molar-refractivity contribution in [2.24, 2.45) is 5.73 Å². The SMILES string of the molecule is Cc1cc(N2CCN(C)CC2CN)n2ncnc2c1. The fourth-order valence-corrected chi connectivity index (χ4v) is 2.75. The highest BCUT2D eigenvalue weighted by Crippen LogP contribution is 2.22. The van der Waals surface area contributed by atoms with Gasteiger partial charge < -0.3 is 15.5 Å². The van der Waals surface area contributed by atoms with Gasteiger partial charge in [-0.25, -0.2) is 4.98 Å². The van der Waals surface area contributed by atoms with Crippen LogP contribution in [0.25, 0.3) is 5.65 Å². The molecule has 2 N–H and O–H groups in total. The van der Waals surface area contributed by atoms with E-state index in [1.54, 1.807) is 6.33 Å². The molecule has 2 aromatic rings. The van der Waals surface area contributed by atoms with Crippen molar-refractivity contribution in [1.29, 1.82) is 0 Å². The van der Waals surface area contributed by atoms with Gasteiger partial charge in [-0.3, -0.25) is 0 Å². The number of nitrogens with zero attached hydrogens (tertiary/aromatic N) is 5. The van der Waals surface area contributed by atoms with Crippen LogP contribution in [0.15, 0.2) is 18.5 Å². The van der Waals surface area contributed by atoms with Crippen LogP contribution in [0.1, 0.15) is 5.56 Å². The van der Waals surface area contributed by atoms with Crippen molar-refractivity contribution in [1.82, 2.24) is 19.5 Å². The highest BCUT2D eigenvalue weighted by atomic mass is 15.4. The standard InChI is InChI=1S/C13H20N6/c1-10-5-12-15-9-16-19(12)13(6-10)18-4-3-17(2)8-11(18)7-14/h5-6,9,11H,3-4,7-8,14H2,1-2H3. The van der Waals surface area contributed by atoms with E-state index in [0.717, 1.165) is 31.1 Å². The smallest absolute Gasteiger partial charge is 0.157 e. The third-order valence-corrected chi connectivity index (χ3v) is 3.76. The van der Waals surface area contributed by atoms with Gasteiger partial charge >= 0.3 is 0 Å². The number of anilines is 1. The Balaban J connectivity index is 2.05. The van der Waals surface area contributed by atoms with Crippen molar-refractivity contribution in [2.75, 3.05) is 38.1 Å². The zero-order valence-corrected chi connectivity index (χ0v) is 11.5. The second-order valence-corrected chi connectivity index (χ2v) is 5.27. The summed E-state index contributed by atoms with van der Waals surface area (Å²) >= 11 is 0. The molecule has 0 amide bonds. The average molecular weight is 260 g/mol. The molecule has 6 heteroatoms. The Bertz CT molecular complexity index is 578. The van der Waals surface area contributed by atoms with Crippen LogP contribution in [0.5, 0.6) is 0 Å². The fraction of sp³-hybridized carbons (Fsp3) is 0.538. The molecule has 1 fully saturated rings. The van der Waals surface area contributed by atoms with E-state index in [1.807, 2.05) is 10.6 Å². The number of rotatable bonds is 2. The van der Waals surface area contributed by atoms with Crippen LogP contribution in [-0.4, -0.2) is 58.8 Å². The molecule has 102 valence electrons. The molecule has 1 atom stereocenters. The molecule has 1 aliphatic rings.